The summed E-state index contributed by atoms with van der Waals surface area (Å²) in [4.78, 5) is 18.9. The van der Waals surface area contributed by atoms with Crippen LogP contribution < -0.4 is 9.47 Å². The normalized spacial score (nSPS) is 16.2. The van der Waals surface area contributed by atoms with Gasteiger partial charge < -0.3 is 18.9 Å². The summed E-state index contributed by atoms with van der Waals surface area (Å²) in [5, 5.41) is 4.12. The van der Waals surface area contributed by atoms with E-state index in [-0.39, 0.29) is 11.8 Å². The second kappa shape index (κ2) is 8.57. The zero-order chi connectivity index (χ0) is 21.1. The SMILES string of the molecule is CCOc1ccc(-c2noc(C3CC(=O)N(Cc4cccc(C)c4)C3)n2)cc1OC. The standard InChI is InChI=1S/C23H25N3O4/c1-4-29-19-9-8-17(11-20(19)28-3)22-24-23(30-25-22)18-12-21(27)26(14-18)13-16-7-5-6-15(2)10-16/h5-11,18H,4,12-14H2,1-3H3. The van der Waals surface area contributed by atoms with E-state index in [1.54, 1.807) is 7.11 Å². The molecule has 3 aromatic rings. The molecule has 1 amide bonds. The van der Waals surface area contributed by atoms with E-state index in [9.17, 15) is 4.79 Å². The third kappa shape index (κ3) is 4.15. The van der Waals surface area contributed by atoms with E-state index in [1.807, 2.05) is 55.1 Å². The second-order valence-corrected chi connectivity index (χ2v) is 7.42. The number of ether oxygens (including phenoxy) is 2. The van der Waals surface area contributed by atoms with Crippen LogP contribution >= 0.6 is 0 Å². The van der Waals surface area contributed by atoms with E-state index < -0.39 is 0 Å². The van der Waals surface area contributed by atoms with Crippen LogP contribution in [0.25, 0.3) is 11.4 Å². The predicted molar refractivity (Wildman–Crippen MR) is 111 cm³/mol. The van der Waals surface area contributed by atoms with Gasteiger partial charge in [-0.1, -0.05) is 35.0 Å². The van der Waals surface area contributed by atoms with Gasteiger partial charge in [0.15, 0.2) is 11.5 Å². The molecule has 2 heterocycles. The highest BCUT2D eigenvalue weighted by molar-refractivity contribution is 5.79. The van der Waals surface area contributed by atoms with Gasteiger partial charge in [-0.25, -0.2) is 0 Å². The predicted octanol–water partition coefficient (Wildman–Crippen LogP) is 3.97. The smallest absolute Gasteiger partial charge is 0.232 e. The Hall–Kier alpha value is -3.35. The van der Waals surface area contributed by atoms with Gasteiger partial charge in [-0.3, -0.25) is 4.79 Å². The number of methoxy groups -OCH3 is 1. The first kappa shape index (κ1) is 19.9. The molecule has 1 aliphatic rings. The minimum atomic E-state index is -0.104. The van der Waals surface area contributed by atoms with Crippen molar-refractivity contribution in [1.82, 2.24) is 15.0 Å². The highest BCUT2D eigenvalue weighted by Crippen LogP contribution is 2.33. The Morgan fingerprint density at radius 1 is 1.20 bits per heavy atom. The summed E-state index contributed by atoms with van der Waals surface area (Å²) in [6.45, 7) is 5.68. The lowest BCUT2D eigenvalue weighted by Gasteiger charge is -2.16. The Morgan fingerprint density at radius 2 is 2.07 bits per heavy atom. The molecule has 0 bridgehead atoms. The average molecular weight is 407 g/mol. The topological polar surface area (TPSA) is 77.7 Å². The van der Waals surface area contributed by atoms with Crippen LogP contribution in [0.15, 0.2) is 47.0 Å². The summed E-state index contributed by atoms with van der Waals surface area (Å²) < 4.78 is 16.5. The maximum absolute atomic E-state index is 12.5. The molecular weight excluding hydrogens is 382 g/mol. The van der Waals surface area contributed by atoms with Crippen molar-refractivity contribution in [3.05, 3.63) is 59.5 Å². The molecule has 0 N–H and O–H groups in total. The zero-order valence-corrected chi connectivity index (χ0v) is 17.4. The van der Waals surface area contributed by atoms with Gasteiger partial charge in [0.2, 0.25) is 17.6 Å². The highest BCUT2D eigenvalue weighted by Gasteiger charge is 2.34. The number of likely N-dealkylation sites (tertiary alicyclic amines) is 1. The summed E-state index contributed by atoms with van der Waals surface area (Å²) in [5.74, 6) is 2.23. The lowest BCUT2D eigenvalue weighted by atomic mass is 10.1. The van der Waals surface area contributed by atoms with Crippen LogP contribution in [0, 0.1) is 6.92 Å². The van der Waals surface area contributed by atoms with E-state index in [0.29, 0.717) is 49.3 Å². The third-order valence-electron chi connectivity index (χ3n) is 5.18. The lowest BCUT2D eigenvalue weighted by molar-refractivity contribution is -0.128. The molecule has 1 saturated heterocycles. The van der Waals surface area contributed by atoms with Crippen molar-refractivity contribution in [2.45, 2.75) is 32.7 Å². The fourth-order valence-corrected chi connectivity index (χ4v) is 3.72. The Morgan fingerprint density at radius 3 is 2.83 bits per heavy atom. The van der Waals surface area contributed by atoms with Crippen molar-refractivity contribution in [3.63, 3.8) is 0 Å². The van der Waals surface area contributed by atoms with Gasteiger partial charge in [-0.15, -0.1) is 0 Å². The first-order valence-corrected chi connectivity index (χ1v) is 10.1. The Labute approximate surface area is 175 Å². The van der Waals surface area contributed by atoms with E-state index in [1.165, 1.54) is 5.56 Å². The van der Waals surface area contributed by atoms with Crippen LogP contribution in [0.4, 0.5) is 0 Å². The second-order valence-electron chi connectivity index (χ2n) is 7.42. The molecule has 1 fully saturated rings. The van der Waals surface area contributed by atoms with Gasteiger partial charge in [0.25, 0.3) is 0 Å². The Balaban J connectivity index is 1.48. The van der Waals surface area contributed by atoms with Crippen LogP contribution in [-0.4, -0.2) is 41.2 Å². The molecule has 0 spiro atoms. The molecule has 1 aliphatic heterocycles. The first-order valence-electron chi connectivity index (χ1n) is 10.1. The fraction of sp³-hybridized carbons (Fsp3) is 0.348. The molecular formula is C23H25N3O4. The van der Waals surface area contributed by atoms with Gasteiger partial charge in [-0.2, -0.15) is 4.98 Å². The van der Waals surface area contributed by atoms with Gasteiger partial charge in [-0.05, 0) is 37.6 Å². The molecule has 1 atom stereocenters. The maximum atomic E-state index is 12.5. The number of nitrogens with zero attached hydrogens (tertiary/aromatic N) is 3. The number of aryl methyl sites for hydroxylation is 1. The summed E-state index contributed by atoms with van der Waals surface area (Å²) >= 11 is 0. The molecule has 4 rings (SSSR count). The number of carbonyl (C=O) groups excluding carboxylic acids is 1. The van der Waals surface area contributed by atoms with E-state index in [2.05, 4.69) is 16.2 Å². The number of carbonyl (C=O) groups is 1. The maximum Gasteiger partial charge on any atom is 0.232 e. The van der Waals surface area contributed by atoms with Crippen molar-refractivity contribution >= 4 is 5.91 Å². The largest absolute Gasteiger partial charge is 0.493 e. The van der Waals surface area contributed by atoms with Gasteiger partial charge in [0, 0.05) is 25.1 Å². The van der Waals surface area contributed by atoms with Gasteiger partial charge in [0.05, 0.1) is 19.6 Å². The summed E-state index contributed by atoms with van der Waals surface area (Å²) in [6.07, 6.45) is 0.375. The molecule has 7 nitrogen and oxygen atoms in total. The fourth-order valence-electron chi connectivity index (χ4n) is 3.72. The Bertz CT molecular complexity index is 1050. The summed E-state index contributed by atoms with van der Waals surface area (Å²) in [6, 6.07) is 13.7. The average Bonchev–Trinajstić information content (AvgIpc) is 3.36. The lowest BCUT2D eigenvalue weighted by Crippen LogP contribution is -2.24. The minimum absolute atomic E-state index is 0.101. The molecule has 0 radical (unpaired) electrons. The van der Waals surface area contributed by atoms with Crippen LogP contribution in [0.2, 0.25) is 0 Å². The minimum Gasteiger partial charge on any atom is -0.493 e. The van der Waals surface area contributed by atoms with Crippen LogP contribution in [-0.2, 0) is 11.3 Å². The molecule has 0 aliphatic carbocycles. The molecule has 1 aromatic heterocycles. The van der Waals surface area contributed by atoms with Crippen molar-refractivity contribution in [2.75, 3.05) is 20.3 Å². The van der Waals surface area contributed by atoms with E-state index in [0.717, 1.165) is 11.1 Å². The first-order chi connectivity index (χ1) is 14.6. The van der Waals surface area contributed by atoms with E-state index >= 15 is 0 Å². The number of hydrogen-bond donors (Lipinski definition) is 0. The molecule has 1 unspecified atom stereocenters. The van der Waals surface area contributed by atoms with Crippen molar-refractivity contribution < 1.29 is 18.8 Å². The number of hydrogen-bond acceptors (Lipinski definition) is 6. The van der Waals surface area contributed by atoms with Gasteiger partial charge in [0.1, 0.15) is 0 Å². The third-order valence-corrected chi connectivity index (χ3v) is 5.18. The highest BCUT2D eigenvalue weighted by atomic mass is 16.5. The molecule has 156 valence electrons. The van der Waals surface area contributed by atoms with Crippen LogP contribution in [0.5, 0.6) is 11.5 Å². The molecule has 30 heavy (non-hydrogen) atoms. The van der Waals surface area contributed by atoms with Crippen molar-refractivity contribution in [3.8, 4) is 22.9 Å². The Kier molecular flexibility index (Phi) is 5.70. The molecule has 2 aromatic carbocycles. The molecule has 0 saturated carbocycles. The number of rotatable bonds is 7. The quantitative estimate of drug-likeness (QED) is 0.590. The summed E-state index contributed by atoms with van der Waals surface area (Å²) in [7, 11) is 1.59. The van der Waals surface area contributed by atoms with Crippen LogP contribution in [0.3, 0.4) is 0 Å². The number of benzene rings is 2. The van der Waals surface area contributed by atoms with Gasteiger partial charge >= 0.3 is 0 Å². The van der Waals surface area contributed by atoms with Crippen LogP contribution in [0.1, 0.15) is 36.3 Å². The van der Waals surface area contributed by atoms with Crippen molar-refractivity contribution in [1.29, 1.82) is 0 Å². The van der Waals surface area contributed by atoms with E-state index in [4.69, 9.17) is 14.0 Å². The molecule has 7 heteroatoms. The number of aromatic nitrogens is 2. The number of amides is 1. The monoisotopic (exact) mass is 407 g/mol. The summed E-state index contributed by atoms with van der Waals surface area (Å²) in [5.41, 5.74) is 3.07. The van der Waals surface area contributed by atoms with Crippen molar-refractivity contribution in [2.24, 2.45) is 0 Å². The zero-order valence-electron chi connectivity index (χ0n) is 17.4.